The standard InChI is InChI=1S/C26H32F3N3O/c1-5-6-18-7-12-23-22(14-18)31-24(32(23)20-13-17(2)15-25(3,4)16-20)30-19-8-10-21(11-9-19)33-26(27,28)29/h7-12,14,17,20H,5-6,13,15-16H2,1-4H3,(H,30,31)/t17-,20+/m1/s1. The molecule has 1 aliphatic carbocycles. The maximum absolute atomic E-state index is 12.5. The van der Waals surface area contributed by atoms with E-state index < -0.39 is 6.36 Å². The fraction of sp³-hybridized carbons (Fsp3) is 0.500. The molecule has 0 radical (unpaired) electrons. The van der Waals surface area contributed by atoms with E-state index in [2.05, 4.69) is 60.5 Å². The van der Waals surface area contributed by atoms with E-state index in [1.54, 1.807) is 12.1 Å². The molecule has 0 aliphatic heterocycles. The molecule has 0 saturated heterocycles. The second-order valence-corrected chi connectivity index (χ2v) is 10.1. The number of hydrogen-bond acceptors (Lipinski definition) is 3. The number of aromatic nitrogens is 2. The number of nitrogens with zero attached hydrogens (tertiary/aromatic N) is 2. The van der Waals surface area contributed by atoms with Crippen LogP contribution in [0.4, 0.5) is 24.8 Å². The predicted octanol–water partition coefficient (Wildman–Crippen LogP) is 8.02. The Morgan fingerprint density at radius 1 is 1.12 bits per heavy atom. The first-order valence-corrected chi connectivity index (χ1v) is 11.7. The fourth-order valence-electron chi connectivity index (χ4n) is 5.41. The van der Waals surface area contributed by atoms with E-state index >= 15 is 0 Å². The van der Waals surface area contributed by atoms with Gasteiger partial charge in [-0.2, -0.15) is 0 Å². The van der Waals surface area contributed by atoms with E-state index in [0.29, 0.717) is 17.6 Å². The van der Waals surface area contributed by atoms with Gasteiger partial charge in [-0.05, 0) is 79.0 Å². The first-order chi connectivity index (χ1) is 15.5. The molecule has 1 N–H and O–H groups in total. The van der Waals surface area contributed by atoms with Crippen LogP contribution in [0.25, 0.3) is 11.0 Å². The normalized spacial score (nSPS) is 20.7. The number of hydrogen-bond donors (Lipinski definition) is 1. The molecule has 1 aromatic heterocycles. The smallest absolute Gasteiger partial charge is 0.406 e. The molecule has 0 spiro atoms. The molecule has 178 valence electrons. The zero-order valence-corrected chi connectivity index (χ0v) is 19.7. The third-order valence-electron chi connectivity index (χ3n) is 6.37. The maximum atomic E-state index is 12.5. The number of aryl methyl sites for hydroxylation is 1. The Morgan fingerprint density at radius 2 is 1.85 bits per heavy atom. The summed E-state index contributed by atoms with van der Waals surface area (Å²) < 4.78 is 43.8. The summed E-state index contributed by atoms with van der Waals surface area (Å²) in [7, 11) is 0. The van der Waals surface area contributed by atoms with Crippen LogP contribution in [0.2, 0.25) is 0 Å². The molecule has 0 bridgehead atoms. The lowest BCUT2D eigenvalue weighted by atomic mass is 9.70. The van der Waals surface area contributed by atoms with Crippen LogP contribution in [0.3, 0.4) is 0 Å². The summed E-state index contributed by atoms with van der Waals surface area (Å²) in [6.45, 7) is 9.10. The van der Waals surface area contributed by atoms with Crippen molar-refractivity contribution in [3.8, 4) is 5.75 Å². The number of benzene rings is 2. The van der Waals surface area contributed by atoms with E-state index in [0.717, 1.165) is 42.7 Å². The average molecular weight is 460 g/mol. The Labute approximate surface area is 193 Å². The van der Waals surface area contributed by atoms with E-state index in [9.17, 15) is 13.2 Å². The third-order valence-corrected chi connectivity index (χ3v) is 6.37. The number of fused-ring (bicyclic) bond motifs is 1. The quantitative estimate of drug-likeness (QED) is 0.406. The Morgan fingerprint density at radius 3 is 2.48 bits per heavy atom. The minimum Gasteiger partial charge on any atom is -0.406 e. The Kier molecular flexibility index (Phi) is 6.34. The SMILES string of the molecule is CCCc1ccc2c(c1)nc(Nc1ccc(OC(F)(F)F)cc1)n2[C@H]1C[C@@H](C)CC(C)(C)C1. The predicted molar refractivity (Wildman–Crippen MR) is 126 cm³/mol. The molecule has 33 heavy (non-hydrogen) atoms. The number of ether oxygens (including phenoxy) is 1. The van der Waals surface area contributed by atoms with Gasteiger partial charge in [0.25, 0.3) is 0 Å². The highest BCUT2D eigenvalue weighted by Gasteiger charge is 2.35. The summed E-state index contributed by atoms with van der Waals surface area (Å²) in [6.07, 6.45) is 0.673. The van der Waals surface area contributed by atoms with Crippen molar-refractivity contribution in [2.45, 2.75) is 72.2 Å². The highest BCUT2D eigenvalue weighted by molar-refractivity contribution is 5.80. The van der Waals surface area contributed by atoms with Crippen molar-refractivity contribution < 1.29 is 17.9 Å². The van der Waals surface area contributed by atoms with Crippen LogP contribution >= 0.6 is 0 Å². The molecule has 3 aromatic rings. The van der Waals surface area contributed by atoms with Crippen LogP contribution in [0.1, 0.15) is 65.0 Å². The number of alkyl halides is 3. The lowest BCUT2D eigenvalue weighted by Crippen LogP contribution is -2.29. The van der Waals surface area contributed by atoms with Gasteiger partial charge >= 0.3 is 6.36 Å². The van der Waals surface area contributed by atoms with Crippen molar-refractivity contribution in [2.75, 3.05) is 5.32 Å². The maximum Gasteiger partial charge on any atom is 0.573 e. The van der Waals surface area contributed by atoms with E-state index in [4.69, 9.17) is 4.98 Å². The molecule has 1 heterocycles. The zero-order valence-electron chi connectivity index (χ0n) is 19.7. The number of anilines is 2. The summed E-state index contributed by atoms with van der Waals surface area (Å²) in [5.74, 6) is 1.08. The second kappa shape index (κ2) is 8.92. The minimum atomic E-state index is -4.70. The van der Waals surface area contributed by atoms with Crippen molar-refractivity contribution in [1.82, 2.24) is 9.55 Å². The van der Waals surface area contributed by atoms with Crippen molar-refractivity contribution >= 4 is 22.7 Å². The summed E-state index contributed by atoms with van der Waals surface area (Å²) >= 11 is 0. The number of imidazole rings is 1. The molecule has 2 atom stereocenters. The van der Waals surface area contributed by atoms with Gasteiger partial charge in [-0.3, -0.25) is 0 Å². The van der Waals surface area contributed by atoms with Gasteiger partial charge in [0.1, 0.15) is 5.75 Å². The molecule has 0 unspecified atom stereocenters. The molecular formula is C26H32F3N3O. The molecule has 7 heteroatoms. The molecule has 1 saturated carbocycles. The van der Waals surface area contributed by atoms with Gasteiger partial charge in [0, 0.05) is 11.7 Å². The van der Waals surface area contributed by atoms with Gasteiger partial charge in [0.2, 0.25) is 5.95 Å². The summed E-state index contributed by atoms with van der Waals surface area (Å²) in [5.41, 5.74) is 4.18. The number of nitrogens with one attached hydrogen (secondary N) is 1. The van der Waals surface area contributed by atoms with Gasteiger partial charge in [-0.15, -0.1) is 13.2 Å². The molecular weight excluding hydrogens is 427 g/mol. The van der Waals surface area contributed by atoms with Crippen LogP contribution < -0.4 is 10.1 Å². The van der Waals surface area contributed by atoms with Crippen LogP contribution in [0, 0.1) is 11.3 Å². The lowest BCUT2D eigenvalue weighted by molar-refractivity contribution is -0.274. The van der Waals surface area contributed by atoms with Crippen molar-refractivity contribution in [2.24, 2.45) is 11.3 Å². The molecule has 1 aliphatic rings. The first-order valence-electron chi connectivity index (χ1n) is 11.7. The van der Waals surface area contributed by atoms with Crippen LogP contribution in [0.15, 0.2) is 42.5 Å². The Bertz CT molecular complexity index is 1100. The van der Waals surface area contributed by atoms with Gasteiger partial charge in [0.05, 0.1) is 11.0 Å². The summed E-state index contributed by atoms with van der Waals surface area (Å²) in [6, 6.07) is 12.6. The summed E-state index contributed by atoms with van der Waals surface area (Å²) in [4.78, 5) is 4.92. The average Bonchev–Trinajstić information content (AvgIpc) is 3.04. The van der Waals surface area contributed by atoms with Crippen LogP contribution in [-0.2, 0) is 6.42 Å². The number of rotatable bonds is 6. The first kappa shape index (κ1) is 23.5. The van der Waals surface area contributed by atoms with Gasteiger partial charge < -0.3 is 14.6 Å². The van der Waals surface area contributed by atoms with E-state index in [-0.39, 0.29) is 11.2 Å². The Balaban J connectivity index is 1.71. The molecule has 4 nitrogen and oxygen atoms in total. The topological polar surface area (TPSA) is 39.1 Å². The zero-order chi connectivity index (χ0) is 23.8. The van der Waals surface area contributed by atoms with Gasteiger partial charge in [0.15, 0.2) is 0 Å². The van der Waals surface area contributed by atoms with Crippen LogP contribution in [0.5, 0.6) is 5.75 Å². The highest BCUT2D eigenvalue weighted by Crippen LogP contribution is 2.46. The monoisotopic (exact) mass is 459 g/mol. The van der Waals surface area contributed by atoms with E-state index in [1.165, 1.54) is 24.1 Å². The molecule has 4 rings (SSSR count). The Hall–Kier alpha value is -2.70. The van der Waals surface area contributed by atoms with Crippen molar-refractivity contribution in [3.05, 3.63) is 48.0 Å². The van der Waals surface area contributed by atoms with E-state index in [1.807, 2.05) is 0 Å². The van der Waals surface area contributed by atoms with Crippen molar-refractivity contribution in [3.63, 3.8) is 0 Å². The second-order valence-electron chi connectivity index (χ2n) is 10.1. The van der Waals surface area contributed by atoms with Gasteiger partial charge in [-0.1, -0.05) is 40.2 Å². The molecule has 0 amide bonds. The minimum absolute atomic E-state index is 0.231. The van der Waals surface area contributed by atoms with Crippen molar-refractivity contribution in [1.29, 1.82) is 0 Å². The fourth-order valence-corrected chi connectivity index (χ4v) is 5.41. The number of halogens is 3. The van der Waals surface area contributed by atoms with Crippen LogP contribution in [-0.4, -0.2) is 15.9 Å². The highest BCUT2D eigenvalue weighted by atomic mass is 19.4. The molecule has 2 aromatic carbocycles. The largest absolute Gasteiger partial charge is 0.573 e. The summed E-state index contributed by atoms with van der Waals surface area (Å²) in [5, 5.41) is 3.36. The third kappa shape index (κ3) is 5.63. The molecule has 1 fully saturated rings. The lowest BCUT2D eigenvalue weighted by Gasteiger charge is -2.40. The van der Waals surface area contributed by atoms with Gasteiger partial charge in [-0.25, -0.2) is 4.98 Å².